The Labute approximate surface area is 105 Å². The molecule has 3 N–H and O–H groups in total. The third-order valence-electron chi connectivity index (χ3n) is 3.23. The van der Waals surface area contributed by atoms with Crippen molar-refractivity contribution in [1.29, 1.82) is 0 Å². The highest BCUT2D eigenvalue weighted by molar-refractivity contribution is 5.77. The first-order chi connectivity index (χ1) is 8.22. The monoisotopic (exact) mass is 241 g/mol. The Bertz CT molecular complexity index is 215. The minimum absolute atomic E-state index is 0.107. The van der Waals surface area contributed by atoms with Crippen LogP contribution in [0.15, 0.2) is 0 Å². The maximum absolute atomic E-state index is 11.4. The number of nitrogens with one attached hydrogen (secondary N) is 3. The summed E-state index contributed by atoms with van der Waals surface area (Å²) in [6.45, 7) is 6.58. The number of piperidine rings is 1. The number of amides is 1. The zero-order valence-electron chi connectivity index (χ0n) is 11.2. The lowest BCUT2D eigenvalue weighted by atomic mass is 9.99. The topological polar surface area (TPSA) is 53.2 Å². The summed E-state index contributed by atoms with van der Waals surface area (Å²) in [5, 5.41) is 9.69. The molecule has 1 aliphatic rings. The second kappa shape index (κ2) is 8.48. The summed E-state index contributed by atoms with van der Waals surface area (Å²) >= 11 is 0. The molecule has 0 radical (unpaired) electrons. The van der Waals surface area contributed by atoms with Crippen LogP contribution in [0, 0.1) is 0 Å². The van der Waals surface area contributed by atoms with Crippen molar-refractivity contribution in [1.82, 2.24) is 16.0 Å². The van der Waals surface area contributed by atoms with Gasteiger partial charge in [0.1, 0.15) is 0 Å². The van der Waals surface area contributed by atoms with Crippen LogP contribution in [-0.2, 0) is 4.79 Å². The summed E-state index contributed by atoms with van der Waals surface area (Å²) in [6.07, 6.45) is 6.02. The quantitative estimate of drug-likeness (QED) is 0.624. The van der Waals surface area contributed by atoms with Gasteiger partial charge in [0.2, 0.25) is 5.91 Å². The molecule has 0 aromatic carbocycles. The average molecular weight is 241 g/mol. The van der Waals surface area contributed by atoms with Crippen LogP contribution in [0.2, 0.25) is 0 Å². The van der Waals surface area contributed by atoms with Crippen molar-refractivity contribution in [3.8, 4) is 0 Å². The van der Waals surface area contributed by atoms with Crippen molar-refractivity contribution in [2.45, 2.75) is 58.0 Å². The molecule has 2 atom stereocenters. The van der Waals surface area contributed by atoms with Crippen LogP contribution in [-0.4, -0.2) is 37.6 Å². The van der Waals surface area contributed by atoms with E-state index in [0.29, 0.717) is 18.6 Å². The fourth-order valence-electron chi connectivity index (χ4n) is 2.23. The molecule has 100 valence electrons. The van der Waals surface area contributed by atoms with Crippen molar-refractivity contribution in [3.63, 3.8) is 0 Å². The second-order valence-electron chi connectivity index (χ2n) is 5.01. The fourth-order valence-corrected chi connectivity index (χ4v) is 2.23. The lowest BCUT2D eigenvalue weighted by Crippen LogP contribution is -2.43. The summed E-state index contributed by atoms with van der Waals surface area (Å²) in [4.78, 5) is 11.4. The molecule has 0 bridgehead atoms. The Morgan fingerprint density at radius 3 is 2.94 bits per heavy atom. The predicted octanol–water partition coefficient (Wildman–Crippen LogP) is 1.02. The highest BCUT2D eigenvalue weighted by atomic mass is 16.1. The molecule has 4 heteroatoms. The number of hydrogen-bond acceptors (Lipinski definition) is 3. The molecule has 0 saturated carbocycles. The predicted molar refractivity (Wildman–Crippen MR) is 71.0 cm³/mol. The maximum atomic E-state index is 11.4. The van der Waals surface area contributed by atoms with Crippen molar-refractivity contribution in [2.75, 3.05) is 19.6 Å². The lowest BCUT2D eigenvalue weighted by molar-refractivity contribution is -0.120. The van der Waals surface area contributed by atoms with Crippen LogP contribution in [0.5, 0.6) is 0 Å². The zero-order chi connectivity index (χ0) is 12.5. The number of carbonyl (C=O) groups excluding carboxylic acids is 1. The van der Waals surface area contributed by atoms with Crippen LogP contribution in [0.3, 0.4) is 0 Å². The highest BCUT2D eigenvalue weighted by Gasteiger charge is 2.15. The van der Waals surface area contributed by atoms with Crippen molar-refractivity contribution < 1.29 is 4.79 Å². The zero-order valence-corrected chi connectivity index (χ0v) is 11.2. The molecule has 1 amide bonds. The average Bonchev–Trinajstić information content (AvgIpc) is 2.35. The van der Waals surface area contributed by atoms with E-state index < -0.39 is 0 Å². The van der Waals surface area contributed by atoms with Crippen molar-refractivity contribution >= 4 is 5.91 Å². The number of hydrogen-bond donors (Lipinski definition) is 3. The Morgan fingerprint density at radius 2 is 2.29 bits per heavy atom. The molecule has 4 nitrogen and oxygen atoms in total. The van der Waals surface area contributed by atoms with Gasteiger partial charge in [-0.3, -0.25) is 4.79 Å². The Kier molecular flexibility index (Phi) is 7.21. The molecule has 0 spiro atoms. The van der Waals surface area contributed by atoms with E-state index in [-0.39, 0.29) is 5.91 Å². The summed E-state index contributed by atoms with van der Waals surface area (Å²) < 4.78 is 0. The molecule has 2 unspecified atom stereocenters. The molecule has 0 aliphatic carbocycles. The van der Waals surface area contributed by atoms with E-state index in [1.54, 1.807) is 0 Å². The van der Waals surface area contributed by atoms with Gasteiger partial charge in [0.05, 0.1) is 6.54 Å². The Morgan fingerprint density at radius 1 is 1.47 bits per heavy atom. The normalized spacial score (nSPS) is 22.1. The van der Waals surface area contributed by atoms with E-state index >= 15 is 0 Å². The summed E-state index contributed by atoms with van der Waals surface area (Å²) in [5.74, 6) is 0.107. The standard InChI is InChI=1S/C13H27N3O/c1-3-7-15-13(17)10-16-11(2)9-12-6-4-5-8-14-12/h11-12,14,16H,3-10H2,1-2H3,(H,15,17). The van der Waals surface area contributed by atoms with Crippen LogP contribution in [0.4, 0.5) is 0 Å². The van der Waals surface area contributed by atoms with Crippen LogP contribution >= 0.6 is 0 Å². The lowest BCUT2D eigenvalue weighted by Gasteiger charge is -2.26. The first kappa shape index (κ1) is 14.5. The van der Waals surface area contributed by atoms with Gasteiger partial charge >= 0.3 is 0 Å². The third-order valence-corrected chi connectivity index (χ3v) is 3.23. The van der Waals surface area contributed by atoms with Crippen molar-refractivity contribution in [3.05, 3.63) is 0 Å². The van der Waals surface area contributed by atoms with Gasteiger partial charge in [0, 0.05) is 18.6 Å². The first-order valence-electron chi connectivity index (χ1n) is 6.95. The molecule has 1 heterocycles. The Hall–Kier alpha value is -0.610. The van der Waals surface area contributed by atoms with E-state index in [1.807, 2.05) is 0 Å². The van der Waals surface area contributed by atoms with Gasteiger partial charge in [-0.05, 0) is 39.2 Å². The van der Waals surface area contributed by atoms with E-state index in [1.165, 1.54) is 19.3 Å². The van der Waals surface area contributed by atoms with Crippen LogP contribution in [0.25, 0.3) is 0 Å². The van der Waals surface area contributed by atoms with E-state index in [0.717, 1.165) is 25.9 Å². The fraction of sp³-hybridized carbons (Fsp3) is 0.923. The van der Waals surface area contributed by atoms with E-state index in [4.69, 9.17) is 0 Å². The molecule has 1 saturated heterocycles. The summed E-state index contributed by atoms with van der Waals surface area (Å²) in [5.41, 5.74) is 0. The minimum atomic E-state index is 0.107. The second-order valence-corrected chi connectivity index (χ2v) is 5.01. The highest BCUT2D eigenvalue weighted by Crippen LogP contribution is 2.11. The van der Waals surface area contributed by atoms with Gasteiger partial charge in [-0.25, -0.2) is 0 Å². The minimum Gasteiger partial charge on any atom is -0.355 e. The van der Waals surface area contributed by atoms with Crippen LogP contribution in [0.1, 0.15) is 46.0 Å². The molecule has 17 heavy (non-hydrogen) atoms. The summed E-state index contributed by atoms with van der Waals surface area (Å²) in [7, 11) is 0. The van der Waals surface area contributed by atoms with Crippen LogP contribution < -0.4 is 16.0 Å². The van der Waals surface area contributed by atoms with E-state index in [2.05, 4.69) is 29.8 Å². The van der Waals surface area contributed by atoms with Gasteiger partial charge in [-0.2, -0.15) is 0 Å². The molecule has 1 rings (SSSR count). The summed E-state index contributed by atoms with van der Waals surface area (Å²) in [6, 6.07) is 1.03. The molecule has 1 aliphatic heterocycles. The van der Waals surface area contributed by atoms with E-state index in [9.17, 15) is 4.79 Å². The first-order valence-corrected chi connectivity index (χ1v) is 6.95. The van der Waals surface area contributed by atoms with Crippen molar-refractivity contribution in [2.24, 2.45) is 0 Å². The van der Waals surface area contributed by atoms with Gasteiger partial charge in [0.25, 0.3) is 0 Å². The smallest absolute Gasteiger partial charge is 0.233 e. The molecule has 0 aromatic rings. The molecule has 1 fully saturated rings. The molecule has 0 aromatic heterocycles. The van der Waals surface area contributed by atoms with Gasteiger partial charge in [0.15, 0.2) is 0 Å². The van der Waals surface area contributed by atoms with Gasteiger partial charge in [-0.15, -0.1) is 0 Å². The molecular weight excluding hydrogens is 214 g/mol. The Balaban J connectivity index is 2.07. The molecular formula is C13H27N3O. The largest absolute Gasteiger partial charge is 0.355 e. The number of rotatable bonds is 7. The van der Waals surface area contributed by atoms with Gasteiger partial charge < -0.3 is 16.0 Å². The third kappa shape index (κ3) is 6.64. The van der Waals surface area contributed by atoms with Gasteiger partial charge in [-0.1, -0.05) is 13.3 Å². The number of carbonyl (C=O) groups is 1. The SMILES string of the molecule is CCCNC(=O)CNC(C)CC1CCCCN1. The maximum Gasteiger partial charge on any atom is 0.233 e.